The van der Waals surface area contributed by atoms with Gasteiger partial charge in [0.15, 0.2) is 0 Å². The van der Waals surface area contributed by atoms with Crippen LogP contribution in [0.15, 0.2) is 30.3 Å². The SMILES string of the molecule is CNC(CO)(CN(C)CC1CCCC1)c1ccccc1. The maximum absolute atomic E-state index is 9.95. The van der Waals surface area contributed by atoms with Gasteiger partial charge < -0.3 is 15.3 Å². The summed E-state index contributed by atoms with van der Waals surface area (Å²) in [6.07, 6.45) is 5.49. The van der Waals surface area contributed by atoms with Crippen molar-refractivity contribution in [1.29, 1.82) is 0 Å². The summed E-state index contributed by atoms with van der Waals surface area (Å²) in [4.78, 5) is 2.37. The second kappa shape index (κ2) is 7.21. The minimum absolute atomic E-state index is 0.114. The zero-order valence-corrected chi connectivity index (χ0v) is 12.8. The number of aliphatic hydroxyl groups excluding tert-OH is 1. The Morgan fingerprint density at radius 1 is 1.25 bits per heavy atom. The molecular weight excluding hydrogens is 248 g/mol. The van der Waals surface area contributed by atoms with Crippen LogP contribution in [0.25, 0.3) is 0 Å². The largest absolute Gasteiger partial charge is 0.394 e. The maximum atomic E-state index is 9.95. The van der Waals surface area contributed by atoms with Gasteiger partial charge in [-0.2, -0.15) is 0 Å². The highest BCUT2D eigenvalue weighted by Gasteiger charge is 2.31. The molecule has 1 fully saturated rings. The molecule has 1 unspecified atom stereocenters. The van der Waals surface area contributed by atoms with E-state index < -0.39 is 0 Å². The van der Waals surface area contributed by atoms with E-state index in [1.54, 1.807) is 0 Å². The van der Waals surface area contributed by atoms with Gasteiger partial charge in [0.1, 0.15) is 0 Å². The van der Waals surface area contributed by atoms with E-state index in [9.17, 15) is 5.11 Å². The molecule has 20 heavy (non-hydrogen) atoms. The molecule has 1 aromatic carbocycles. The van der Waals surface area contributed by atoms with Crippen molar-refractivity contribution in [3.63, 3.8) is 0 Å². The van der Waals surface area contributed by atoms with Gasteiger partial charge in [0, 0.05) is 13.1 Å². The lowest BCUT2D eigenvalue weighted by molar-refractivity contribution is 0.117. The molecule has 0 aliphatic heterocycles. The molecule has 3 nitrogen and oxygen atoms in total. The van der Waals surface area contributed by atoms with Crippen LogP contribution in [0, 0.1) is 5.92 Å². The number of rotatable bonds is 7. The molecule has 0 heterocycles. The lowest BCUT2D eigenvalue weighted by Crippen LogP contribution is -2.52. The minimum Gasteiger partial charge on any atom is -0.394 e. The third kappa shape index (κ3) is 3.60. The number of nitrogens with one attached hydrogen (secondary N) is 1. The summed E-state index contributed by atoms with van der Waals surface area (Å²) >= 11 is 0. The van der Waals surface area contributed by atoms with Gasteiger partial charge >= 0.3 is 0 Å². The molecule has 1 saturated carbocycles. The lowest BCUT2D eigenvalue weighted by Gasteiger charge is -2.37. The number of benzene rings is 1. The van der Waals surface area contributed by atoms with E-state index in [0.717, 1.165) is 24.6 Å². The van der Waals surface area contributed by atoms with Gasteiger partial charge in [-0.15, -0.1) is 0 Å². The molecule has 0 radical (unpaired) electrons. The fourth-order valence-corrected chi connectivity index (χ4v) is 3.45. The van der Waals surface area contributed by atoms with Crippen molar-refractivity contribution >= 4 is 0 Å². The van der Waals surface area contributed by atoms with Crippen molar-refractivity contribution in [2.75, 3.05) is 33.8 Å². The summed E-state index contributed by atoms with van der Waals surface area (Å²) in [7, 11) is 4.11. The smallest absolute Gasteiger partial charge is 0.0795 e. The molecule has 3 heteroatoms. The van der Waals surface area contributed by atoms with Gasteiger partial charge in [-0.1, -0.05) is 43.2 Å². The molecular formula is C17H28N2O. The lowest BCUT2D eigenvalue weighted by atomic mass is 9.90. The maximum Gasteiger partial charge on any atom is 0.0795 e. The van der Waals surface area contributed by atoms with Gasteiger partial charge in [0.05, 0.1) is 12.1 Å². The van der Waals surface area contributed by atoms with Crippen LogP contribution >= 0.6 is 0 Å². The Morgan fingerprint density at radius 3 is 2.45 bits per heavy atom. The first kappa shape index (κ1) is 15.5. The molecule has 0 spiro atoms. The fourth-order valence-electron chi connectivity index (χ4n) is 3.45. The van der Waals surface area contributed by atoms with Crippen LogP contribution in [-0.4, -0.2) is 43.8 Å². The van der Waals surface area contributed by atoms with Gasteiger partial charge in [0.25, 0.3) is 0 Å². The average molecular weight is 276 g/mol. The Balaban J connectivity index is 2.04. The van der Waals surface area contributed by atoms with E-state index in [1.165, 1.54) is 25.7 Å². The van der Waals surface area contributed by atoms with Gasteiger partial charge in [-0.05, 0) is 38.4 Å². The number of likely N-dealkylation sites (N-methyl/N-ethyl adjacent to an activating group) is 2. The topological polar surface area (TPSA) is 35.5 Å². The molecule has 0 bridgehead atoms. The zero-order chi connectivity index (χ0) is 14.4. The second-order valence-corrected chi connectivity index (χ2v) is 6.20. The van der Waals surface area contributed by atoms with Crippen LogP contribution in [-0.2, 0) is 5.54 Å². The predicted octanol–water partition coefficient (Wildman–Crippen LogP) is 2.22. The predicted molar refractivity (Wildman–Crippen MR) is 83.7 cm³/mol. The van der Waals surface area contributed by atoms with Crippen LogP contribution in [0.2, 0.25) is 0 Å². The highest BCUT2D eigenvalue weighted by Crippen LogP contribution is 2.27. The van der Waals surface area contributed by atoms with Crippen molar-refractivity contribution < 1.29 is 5.11 Å². The summed E-state index contributed by atoms with van der Waals surface area (Å²) in [6, 6.07) is 10.3. The summed E-state index contributed by atoms with van der Waals surface area (Å²) < 4.78 is 0. The molecule has 112 valence electrons. The Morgan fingerprint density at radius 2 is 1.90 bits per heavy atom. The Hall–Kier alpha value is -0.900. The Kier molecular flexibility index (Phi) is 5.58. The second-order valence-electron chi connectivity index (χ2n) is 6.20. The first-order chi connectivity index (χ1) is 9.70. The van der Waals surface area contributed by atoms with Gasteiger partial charge in [0.2, 0.25) is 0 Å². The first-order valence-electron chi connectivity index (χ1n) is 7.74. The zero-order valence-electron chi connectivity index (χ0n) is 12.8. The summed E-state index contributed by atoms with van der Waals surface area (Å²) in [6.45, 7) is 2.08. The molecule has 0 amide bonds. The molecule has 1 atom stereocenters. The number of hydrogen-bond donors (Lipinski definition) is 2. The van der Waals surface area contributed by atoms with E-state index in [1.807, 2.05) is 25.2 Å². The van der Waals surface area contributed by atoms with Crippen molar-refractivity contribution in [3.05, 3.63) is 35.9 Å². The number of nitrogens with zero attached hydrogens (tertiary/aromatic N) is 1. The Bertz CT molecular complexity index is 383. The monoisotopic (exact) mass is 276 g/mol. The molecule has 2 rings (SSSR count). The van der Waals surface area contributed by atoms with Gasteiger partial charge in [-0.25, -0.2) is 0 Å². The van der Waals surface area contributed by atoms with E-state index >= 15 is 0 Å². The van der Waals surface area contributed by atoms with Crippen LogP contribution in [0.4, 0.5) is 0 Å². The average Bonchev–Trinajstić information content (AvgIpc) is 2.98. The number of aliphatic hydroxyl groups is 1. The van der Waals surface area contributed by atoms with Crippen molar-refractivity contribution in [1.82, 2.24) is 10.2 Å². The summed E-state index contributed by atoms with van der Waals surface area (Å²) in [5.41, 5.74) is 0.789. The number of hydrogen-bond acceptors (Lipinski definition) is 3. The molecule has 1 aliphatic carbocycles. The fraction of sp³-hybridized carbons (Fsp3) is 0.647. The highest BCUT2D eigenvalue weighted by molar-refractivity contribution is 5.25. The Labute approximate surface area is 123 Å². The normalized spacial score (nSPS) is 19.4. The highest BCUT2D eigenvalue weighted by atomic mass is 16.3. The van der Waals surface area contributed by atoms with Gasteiger partial charge in [-0.3, -0.25) is 0 Å². The van der Waals surface area contributed by atoms with Crippen LogP contribution in [0.1, 0.15) is 31.2 Å². The summed E-state index contributed by atoms with van der Waals surface area (Å²) in [5, 5.41) is 13.3. The van der Waals surface area contributed by atoms with E-state index in [-0.39, 0.29) is 12.1 Å². The van der Waals surface area contributed by atoms with E-state index in [0.29, 0.717) is 0 Å². The third-order valence-corrected chi connectivity index (χ3v) is 4.66. The van der Waals surface area contributed by atoms with Crippen molar-refractivity contribution in [2.24, 2.45) is 5.92 Å². The summed E-state index contributed by atoms with van der Waals surface area (Å²) in [5.74, 6) is 0.837. The standard InChI is InChI=1S/C17H28N2O/c1-18-17(14-20,16-10-4-3-5-11-16)13-19(2)12-15-8-6-7-9-15/h3-5,10-11,15,18,20H,6-9,12-14H2,1-2H3. The molecule has 0 saturated heterocycles. The first-order valence-corrected chi connectivity index (χ1v) is 7.74. The quantitative estimate of drug-likeness (QED) is 0.801. The van der Waals surface area contributed by atoms with Crippen molar-refractivity contribution in [3.8, 4) is 0 Å². The van der Waals surface area contributed by atoms with Crippen LogP contribution in [0.3, 0.4) is 0 Å². The molecule has 2 N–H and O–H groups in total. The third-order valence-electron chi connectivity index (χ3n) is 4.66. The molecule has 0 aromatic heterocycles. The minimum atomic E-state index is -0.366. The van der Waals surface area contributed by atoms with Crippen LogP contribution in [0.5, 0.6) is 0 Å². The van der Waals surface area contributed by atoms with E-state index in [4.69, 9.17) is 0 Å². The van der Waals surface area contributed by atoms with E-state index in [2.05, 4.69) is 29.4 Å². The molecule has 1 aliphatic rings. The van der Waals surface area contributed by atoms with Crippen LogP contribution < -0.4 is 5.32 Å². The molecule has 1 aromatic rings. The van der Waals surface area contributed by atoms with Crippen molar-refractivity contribution in [2.45, 2.75) is 31.2 Å².